The van der Waals surface area contributed by atoms with Gasteiger partial charge in [-0.1, -0.05) is 20.8 Å². The SMILES string of the molecule is CCC(CC)OCC(C)CCl. The normalized spacial score (nSPS) is 13.9. The van der Waals surface area contributed by atoms with Crippen molar-refractivity contribution in [3.05, 3.63) is 0 Å². The van der Waals surface area contributed by atoms with Gasteiger partial charge in [-0.3, -0.25) is 0 Å². The van der Waals surface area contributed by atoms with E-state index in [2.05, 4.69) is 20.8 Å². The van der Waals surface area contributed by atoms with Crippen LogP contribution in [0.5, 0.6) is 0 Å². The number of alkyl halides is 1. The van der Waals surface area contributed by atoms with E-state index in [4.69, 9.17) is 16.3 Å². The van der Waals surface area contributed by atoms with Crippen molar-refractivity contribution in [1.82, 2.24) is 0 Å². The first-order chi connectivity index (χ1) is 5.24. The van der Waals surface area contributed by atoms with Crippen molar-refractivity contribution in [3.8, 4) is 0 Å². The predicted molar refractivity (Wildman–Crippen MR) is 50.2 cm³/mol. The third kappa shape index (κ3) is 5.51. The van der Waals surface area contributed by atoms with Crippen LogP contribution in [0.4, 0.5) is 0 Å². The molecule has 0 aliphatic carbocycles. The van der Waals surface area contributed by atoms with E-state index in [-0.39, 0.29) is 0 Å². The van der Waals surface area contributed by atoms with Gasteiger partial charge in [-0.15, -0.1) is 11.6 Å². The molecule has 0 saturated heterocycles. The highest BCUT2D eigenvalue weighted by molar-refractivity contribution is 6.18. The molecule has 0 spiro atoms. The summed E-state index contributed by atoms with van der Waals surface area (Å²) in [6.07, 6.45) is 2.64. The zero-order valence-corrected chi connectivity index (χ0v) is 8.53. The lowest BCUT2D eigenvalue weighted by atomic mass is 10.2. The van der Waals surface area contributed by atoms with E-state index in [0.29, 0.717) is 17.9 Å². The maximum atomic E-state index is 5.64. The average Bonchev–Trinajstić information content (AvgIpc) is 2.06. The van der Waals surface area contributed by atoms with Crippen molar-refractivity contribution in [1.29, 1.82) is 0 Å². The van der Waals surface area contributed by atoms with Gasteiger partial charge in [0.2, 0.25) is 0 Å². The van der Waals surface area contributed by atoms with Crippen LogP contribution in [0.25, 0.3) is 0 Å². The first-order valence-corrected chi connectivity index (χ1v) is 4.95. The lowest BCUT2D eigenvalue weighted by Crippen LogP contribution is -2.16. The summed E-state index contributed by atoms with van der Waals surface area (Å²) in [5.41, 5.74) is 0. The number of ether oxygens (including phenoxy) is 1. The van der Waals surface area contributed by atoms with Crippen molar-refractivity contribution in [3.63, 3.8) is 0 Å². The molecule has 0 aliphatic heterocycles. The molecule has 68 valence electrons. The molecule has 0 bridgehead atoms. The van der Waals surface area contributed by atoms with E-state index in [0.717, 1.165) is 19.4 Å². The minimum Gasteiger partial charge on any atom is -0.378 e. The summed E-state index contributed by atoms with van der Waals surface area (Å²) in [4.78, 5) is 0. The van der Waals surface area contributed by atoms with Crippen LogP contribution < -0.4 is 0 Å². The van der Waals surface area contributed by atoms with E-state index < -0.39 is 0 Å². The Morgan fingerprint density at radius 3 is 2.18 bits per heavy atom. The molecule has 0 aliphatic rings. The summed E-state index contributed by atoms with van der Waals surface area (Å²) in [6, 6.07) is 0. The quantitative estimate of drug-likeness (QED) is 0.568. The van der Waals surface area contributed by atoms with Crippen LogP contribution in [0.1, 0.15) is 33.6 Å². The summed E-state index contributed by atoms with van der Waals surface area (Å²) in [7, 11) is 0. The van der Waals surface area contributed by atoms with Crippen LogP contribution >= 0.6 is 11.6 Å². The Morgan fingerprint density at radius 1 is 1.27 bits per heavy atom. The van der Waals surface area contributed by atoms with Crippen LogP contribution in [-0.4, -0.2) is 18.6 Å². The minimum absolute atomic E-state index is 0.431. The van der Waals surface area contributed by atoms with Crippen molar-refractivity contribution in [2.24, 2.45) is 5.92 Å². The molecule has 0 aromatic carbocycles. The number of hydrogen-bond acceptors (Lipinski definition) is 1. The topological polar surface area (TPSA) is 9.23 Å². The maximum Gasteiger partial charge on any atom is 0.0570 e. The van der Waals surface area contributed by atoms with Gasteiger partial charge in [0, 0.05) is 5.88 Å². The lowest BCUT2D eigenvalue weighted by molar-refractivity contribution is 0.0321. The second-order valence-corrected chi connectivity index (χ2v) is 3.34. The van der Waals surface area contributed by atoms with Crippen LogP contribution in [0.3, 0.4) is 0 Å². The molecule has 0 saturated carbocycles. The first kappa shape index (κ1) is 11.2. The Labute approximate surface area is 75.1 Å². The second kappa shape index (κ2) is 6.93. The highest BCUT2D eigenvalue weighted by atomic mass is 35.5. The Balaban J connectivity index is 3.34. The smallest absolute Gasteiger partial charge is 0.0570 e. The molecule has 0 rings (SSSR count). The Morgan fingerprint density at radius 2 is 1.82 bits per heavy atom. The van der Waals surface area contributed by atoms with E-state index in [1.54, 1.807) is 0 Å². The standard InChI is InChI=1S/C9H19ClO/c1-4-9(5-2)11-7-8(3)6-10/h8-9H,4-7H2,1-3H3. The van der Waals surface area contributed by atoms with Gasteiger partial charge in [-0.2, -0.15) is 0 Å². The molecule has 0 aromatic heterocycles. The third-order valence-electron chi connectivity index (χ3n) is 1.79. The molecule has 2 heteroatoms. The summed E-state index contributed by atoms with van der Waals surface area (Å²) < 4.78 is 5.61. The van der Waals surface area contributed by atoms with Crippen LogP contribution in [0.15, 0.2) is 0 Å². The summed E-state index contributed by atoms with van der Waals surface area (Å²) in [6.45, 7) is 7.21. The van der Waals surface area contributed by atoms with Gasteiger partial charge >= 0.3 is 0 Å². The summed E-state index contributed by atoms with van der Waals surface area (Å²) in [5, 5.41) is 0. The Kier molecular flexibility index (Phi) is 7.09. The Hall–Kier alpha value is 0.250. The van der Waals surface area contributed by atoms with Crippen molar-refractivity contribution in [2.75, 3.05) is 12.5 Å². The van der Waals surface area contributed by atoms with Gasteiger partial charge in [0.1, 0.15) is 0 Å². The molecule has 0 amide bonds. The van der Waals surface area contributed by atoms with Gasteiger partial charge in [0.05, 0.1) is 12.7 Å². The van der Waals surface area contributed by atoms with E-state index in [1.165, 1.54) is 0 Å². The Bertz CT molecular complexity index is 81.6. The first-order valence-electron chi connectivity index (χ1n) is 4.42. The van der Waals surface area contributed by atoms with Gasteiger partial charge in [0.25, 0.3) is 0 Å². The predicted octanol–water partition coefficient (Wildman–Crippen LogP) is 3.07. The number of hydrogen-bond donors (Lipinski definition) is 0. The van der Waals surface area contributed by atoms with Crippen molar-refractivity contribution >= 4 is 11.6 Å². The maximum absolute atomic E-state index is 5.64. The van der Waals surface area contributed by atoms with Gasteiger partial charge in [-0.25, -0.2) is 0 Å². The van der Waals surface area contributed by atoms with Gasteiger partial charge < -0.3 is 4.74 Å². The lowest BCUT2D eigenvalue weighted by Gasteiger charge is -2.16. The average molecular weight is 179 g/mol. The number of halogens is 1. The fraction of sp³-hybridized carbons (Fsp3) is 1.00. The van der Waals surface area contributed by atoms with Crippen LogP contribution in [0, 0.1) is 5.92 Å². The molecule has 1 nitrogen and oxygen atoms in total. The molecule has 0 radical (unpaired) electrons. The summed E-state index contributed by atoms with van der Waals surface area (Å²) in [5.74, 6) is 1.18. The van der Waals surface area contributed by atoms with E-state index in [1.807, 2.05) is 0 Å². The summed E-state index contributed by atoms with van der Waals surface area (Å²) >= 11 is 5.64. The molecular formula is C9H19ClO. The van der Waals surface area contributed by atoms with Crippen LogP contribution in [0.2, 0.25) is 0 Å². The van der Waals surface area contributed by atoms with E-state index in [9.17, 15) is 0 Å². The highest BCUT2D eigenvalue weighted by Gasteiger charge is 2.05. The molecule has 0 N–H and O–H groups in total. The molecule has 1 unspecified atom stereocenters. The van der Waals surface area contributed by atoms with Gasteiger partial charge in [0.15, 0.2) is 0 Å². The minimum atomic E-state index is 0.431. The van der Waals surface area contributed by atoms with E-state index >= 15 is 0 Å². The fourth-order valence-corrected chi connectivity index (χ4v) is 0.958. The van der Waals surface area contributed by atoms with Gasteiger partial charge in [-0.05, 0) is 18.8 Å². The third-order valence-corrected chi connectivity index (χ3v) is 2.32. The second-order valence-electron chi connectivity index (χ2n) is 3.03. The molecule has 1 atom stereocenters. The number of rotatable bonds is 6. The monoisotopic (exact) mass is 178 g/mol. The highest BCUT2D eigenvalue weighted by Crippen LogP contribution is 2.06. The van der Waals surface area contributed by atoms with Crippen molar-refractivity contribution in [2.45, 2.75) is 39.7 Å². The zero-order chi connectivity index (χ0) is 8.69. The zero-order valence-electron chi connectivity index (χ0n) is 7.77. The van der Waals surface area contributed by atoms with Crippen LogP contribution in [-0.2, 0) is 4.74 Å². The molecule has 0 heterocycles. The largest absolute Gasteiger partial charge is 0.378 e. The molecule has 0 aromatic rings. The van der Waals surface area contributed by atoms with Crippen molar-refractivity contribution < 1.29 is 4.74 Å². The molecule has 0 fully saturated rings. The molecular weight excluding hydrogens is 160 g/mol. The fourth-order valence-electron chi connectivity index (χ4n) is 0.869. The molecule has 11 heavy (non-hydrogen) atoms.